The highest BCUT2D eigenvalue weighted by Crippen LogP contribution is 1.90. The number of hydrogen-bond acceptors (Lipinski definition) is 2. The van der Waals surface area contributed by atoms with Crippen molar-refractivity contribution >= 4 is 12.3 Å². The predicted octanol–water partition coefficient (Wildman–Crippen LogP) is 1.15. The maximum absolute atomic E-state index is 9.86. The van der Waals surface area contributed by atoms with Crippen LogP contribution >= 0.6 is 0 Å². The van der Waals surface area contributed by atoms with Crippen molar-refractivity contribution in [2.45, 2.75) is 13.8 Å². The molecule has 1 amide bonds. The molecule has 0 heterocycles. The number of rotatable bonds is 2. The summed E-state index contributed by atoms with van der Waals surface area (Å²) < 4.78 is 4.74. The van der Waals surface area contributed by atoms with Gasteiger partial charge in [0.15, 0.2) is 0 Å². The molecule has 0 spiro atoms. The van der Waals surface area contributed by atoms with Crippen LogP contribution in [0.5, 0.6) is 0 Å². The van der Waals surface area contributed by atoms with Crippen molar-refractivity contribution in [2.24, 2.45) is 4.99 Å². The highest BCUT2D eigenvalue weighted by Gasteiger charge is 1.89. The van der Waals surface area contributed by atoms with E-state index in [9.17, 15) is 4.79 Å². The third-order valence-electron chi connectivity index (χ3n) is 0.801. The van der Waals surface area contributed by atoms with Gasteiger partial charge < -0.3 is 4.74 Å². The lowest BCUT2D eigenvalue weighted by Crippen LogP contribution is -1.97. The molecule has 3 nitrogen and oxygen atoms in total. The molecular weight excluding hydrogens is 130 g/mol. The summed E-state index contributed by atoms with van der Waals surface area (Å²) in [5, 5.41) is 0. The first kappa shape index (κ1) is 8.88. The summed E-state index contributed by atoms with van der Waals surface area (Å²) in [6.45, 7) is 3.80. The van der Waals surface area contributed by atoms with Crippen LogP contribution in [-0.4, -0.2) is 19.4 Å². The topological polar surface area (TPSA) is 38.7 Å². The molecule has 0 fully saturated rings. The second-order valence-corrected chi connectivity index (χ2v) is 2.00. The van der Waals surface area contributed by atoms with Crippen molar-refractivity contribution in [2.75, 3.05) is 7.11 Å². The Hall–Kier alpha value is -1.12. The Bertz CT molecular complexity index is 164. The molecule has 0 aromatic carbocycles. The van der Waals surface area contributed by atoms with Crippen molar-refractivity contribution in [1.82, 2.24) is 0 Å². The number of ether oxygens (including phenoxy) is 1. The number of methoxy groups -OCH3 is 1. The van der Waals surface area contributed by atoms with E-state index >= 15 is 0 Å². The molecule has 10 heavy (non-hydrogen) atoms. The van der Waals surface area contributed by atoms with Crippen LogP contribution in [0.2, 0.25) is 0 Å². The van der Waals surface area contributed by atoms with Gasteiger partial charge in [0.25, 0.3) is 0 Å². The number of hydrogen-bond donors (Lipinski definition) is 0. The smallest absolute Gasteiger partial charge is 0.236 e. The zero-order chi connectivity index (χ0) is 7.98. The average molecular weight is 141 g/mol. The van der Waals surface area contributed by atoms with Crippen LogP contribution in [0.25, 0.3) is 0 Å². The molecule has 0 saturated carbocycles. The molecule has 0 atom stereocenters. The number of nitrogens with zero attached hydrogens (tertiary/aromatic N) is 1. The van der Waals surface area contributed by atoms with Gasteiger partial charge in [-0.3, -0.25) is 4.79 Å². The quantitative estimate of drug-likeness (QED) is 0.329. The second-order valence-electron chi connectivity index (χ2n) is 2.00. The zero-order valence-corrected chi connectivity index (χ0v) is 6.42. The maximum atomic E-state index is 9.86. The molecule has 0 aromatic rings. The monoisotopic (exact) mass is 141 g/mol. The second kappa shape index (κ2) is 4.73. The van der Waals surface area contributed by atoms with E-state index in [2.05, 4.69) is 4.99 Å². The van der Waals surface area contributed by atoms with Gasteiger partial charge in [0.1, 0.15) is 0 Å². The minimum atomic E-state index is 0.343. The Morgan fingerprint density at radius 2 is 2.10 bits per heavy atom. The number of amides is 1. The summed E-state index contributed by atoms with van der Waals surface area (Å²) in [5.41, 5.74) is 1.04. The Labute approximate surface area is 60.4 Å². The molecule has 0 saturated heterocycles. The first-order chi connectivity index (χ1) is 4.70. The van der Waals surface area contributed by atoms with Gasteiger partial charge in [0.2, 0.25) is 12.3 Å². The van der Waals surface area contributed by atoms with E-state index in [0.29, 0.717) is 12.3 Å². The van der Waals surface area contributed by atoms with Crippen molar-refractivity contribution in [3.63, 3.8) is 0 Å². The maximum Gasteiger partial charge on any atom is 0.236 e. The fraction of sp³-hybridized carbons (Fsp3) is 0.429. The molecule has 0 rings (SSSR count). The summed E-state index contributed by atoms with van der Waals surface area (Å²) in [5.74, 6) is 0.343. The Kier molecular flexibility index (Phi) is 4.20. The van der Waals surface area contributed by atoms with Gasteiger partial charge in [-0.15, -0.1) is 0 Å². The van der Waals surface area contributed by atoms with Gasteiger partial charge in [-0.1, -0.05) is 5.57 Å². The van der Waals surface area contributed by atoms with Crippen molar-refractivity contribution < 1.29 is 9.53 Å². The largest absolute Gasteiger partial charge is 0.481 e. The molecule has 0 bridgehead atoms. The van der Waals surface area contributed by atoms with Crippen LogP contribution in [0, 0.1) is 0 Å². The third-order valence-corrected chi connectivity index (χ3v) is 0.801. The molecule has 0 unspecified atom stereocenters. The summed E-state index contributed by atoms with van der Waals surface area (Å²) in [6, 6.07) is 0. The van der Waals surface area contributed by atoms with Crippen molar-refractivity contribution in [1.29, 1.82) is 0 Å². The van der Waals surface area contributed by atoms with E-state index in [4.69, 9.17) is 4.74 Å². The molecule has 0 aliphatic carbocycles. The molecule has 0 aromatic heterocycles. The third kappa shape index (κ3) is 3.83. The van der Waals surface area contributed by atoms with E-state index in [1.807, 2.05) is 13.8 Å². The summed E-state index contributed by atoms with van der Waals surface area (Å²) in [7, 11) is 1.47. The highest BCUT2D eigenvalue weighted by molar-refractivity contribution is 5.92. The average Bonchev–Trinajstić information content (AvgIpc) is 1.86. The molecular formula is C7H11NO2. The number of carbonyl (C=O) groups excluding carboxylic acids is 1. The van der Waals surface area contributed by atoms with E-state index in [1.54, 1.807) is 6.08 Å². The standard InChI is InChI=1S/C7H11NO2/c1-6(2)4-7(10-3)8-5-9/h4-5H,1-3H3/b8-7+. The molecule has 0 aliphatic rings. The SMILES string of the molecule is CO/C(C=C(C)C)=N/C=O. The molecule has 56 valence electrons. The first-order valence-corrected chi connectivity index (χ1v) is 2.91. The van der Waals surface area contributed by atoms with E-state index in [1.165, 1.54) is 7.11 Å². The van der Waals surface area contributed by atoms with Crippen LogP contribution in [0.4, 0.5) is 0 Å². The summed E-state index contributed by atoms with van der Waals surface area (Å²) >= 11 is 0. The lowest BCUT2D eigenvalue weighted by atomic mass is 10.3. The van der Waals surface area contributed by atoms with Crippen LogP contribution in [0.1, 0.15) is 13.8 Å². The van der Waals surface area contributed by atoms with E-state index in [-0.39, 0.29) is 0 Å². The molecule has 0 aliphatic heterocycles. The van der Waals surface area contributed by atoms with Gasteiger partial charge >= 0.3 is 0 Å². The Morgan fingerprint density at radius 1 is 1.50 bits per heavy atom. The van der Waals surface area contributed by atoms with Crippen LogP contribution < -0.4 is 0 Å². The minimum Gasteiger partial charge on any atom is -0.481 e. The fourth-order valence-corrected chi connectivity index (χ4v) is 0.448. The predicted molar refractivity (Wildman–Crippen MR) is 39.9 cm³/mol. The van der Waals surface area contributed by atoms with E-state index < -0.39 is 0 Å². The number of allylic oxidation sites excluding steroid dienone is 1. The summed E-state index contributed by atoms with van der Waals surface area (Å²) in [6.07, 6.45) is 2.15. The molecule has 3 heteroatoms. The zero-order valence-electron chi connectivity index (χ0n) is 6.42. The molecule has 0 N–H and O–H groups in total. The molecule has 0 radical (unpaired) electrons. The lowest BCUT2D eigenvalue weighted by molar-refractivity contribution is -0.106. The van der Waals surface area contributed by atoms with Gasteiger partial charge in [-0.25, -0.2) is 0 Å². The van der Waals surface area contributed by atoms with Crippen molar-refractivity contribution in [3.8, 4) is 0 Å². The minimum absolute atomic E-state index is 0.343. The number of carbonyl (C=O) groups is 1. The van der Waals surface area contributed by atoms with Crippen LogP contribution in [-0.2, 0) is 9.53 Å². The van der Waals surface area contributed by atoms with Gasteiger partial charge in [0.05, 0.1) is 7.11 Å². The Morgan fingerprint density at radius 3 is 2.40 bits per heavy atom. The normalized spacial score (nSPS) is 10.5. The van der Waals surface area contributed by atoms with E-state index in [0.717, 1.165) is 5.57 Å². The summed E-state index contributed by atoms with van der Waals surface area (Å²) in [4.78, 5) is 13.3. The fourth-order valence-electron chi connectivity index (χ4n) is 0.448. The van der Waals surface area contributed by atoms with Gasteiger partial charge in [-0.2, -0.15) is 4.99 Å². The van der Waals surface area contributed by atoms with Crippen molar-refractivity contribution in [3.05, 3.63) is 11.6 Å². The first-order valence-electron chi connectivity index (χ1n) is 2.91. The number of aliphatic imine (C=N–C) groups is 1. The lowest BCUT2D eigenvalue weighted by Gasteiger charge is -1.95. The van der Waals surface area contributed by atoms with Gasteiger partial charge in [0, 0.05) is 0 Å². The van der Waals surface area contributed by atoms with Crippen LogP contribution in [0.15, 0.2) is 16.6 Å². The van der Waals surface area contributed by atoms with Crippen LogP contribution in [0.3, 0.4) is 0 Å². The van der Waals surface area contributed by atoms with Gasteiger partial charge in [-0.05, 0) is 19.9 Å². The Balaban J connectivity index is 4.22. The highest BCUT2D eigenvalue weighted by atomic mass is 16.5.